The molecular formula is C20H19N6O3S+. The molecule has 10 heteroatoms. The number of amides is 1. The minimum absolute atomic E-state index is 0.237. The van der Waals surface area contributed by atoms with E-state index < -0.39 is 0 Å². The quantitative estimate of drug-likeness (QED) is 0.483. The Balaban J connectivity index is 1.38. The molecule has 0 aliphatic carbocycles. The Bertz CT molecular complexity index is 1200. The predicted octanol–water partition coefficient (Wildman–Crippen LogP) is 2.04. The Morgan fingerprint density at radius 1 is 1.17 bits per heavy atom. The third kappa shape index (κ3) is 3.46. The van der Waals surface area contributed by atoms with Crippen LogP contribution in [-0.2, 0) is 4.74 Å². The van der Waals surface area contributed by atoms with Gasteiger partial charge in [-0.05, 0) is 12.1 Å². The van der Waals surface area contributed by atoms with E-state index >= 15 is 0 Å². The number of nitrogen functional groups attached to an aromatic ring is 1. The molecule has 9 nitrogen and oxygen atoms in total. The third-order valence-corrected chi connectivity index (χ3v) is 5.95. The van der Waals surface area contributed by atoms with Crippen LogP contribution in [0.2, 0.25) is 0 Å². The van der Waals surface area contributed by atoms with Crippen LogP contribution in [0.15, 0.2) is 53.2 Å². The second-order valence-electron chi connectivity index (χ2n) is 6.77. The van der Waals surface area contributed by atoms with Gasteiger partial charge in [-0.3, -0.25) is 14.6 Å². The lowest BCUT2D eigenvalue weighted by molar-refractivity contribution is -0.759. The monoisotopic (exact) mass is 423 g/mol. The molecule has 1 amide bonds. The largest absolute Gasteiger partial charge is 0.397 e. The number of carbonyl (C=O) groups excluding carboxylic acids is 1. The van der Waals surface area contributed by atoms with Crippen molar-refractivity contribution in [2.75, 3.05) is 42.4 Å². The number of carbonyl (C=O) groups is 1. The van der Waals surface area contributed by atoms with Gasteiger partial charge in [0, 0.05) is 10.9 Å². The first kappa shape index (κ1) is 18.5. The zero-order valence-electron chi connectivity index (χ0n) is 15.9. The van der Waals surface area contributed by atoms with E-state index in [1.807, 2.05) is 47.5 Å². The summed E-state index contributed by atoms with van der Waals surface area (Å²) in [5.74, 6) is -0.122. The van der Waals surface area contributed by atoms with Crippen molar-refractivity contribution in [3.63, 3.8) is 0 Å². The maximum absolute atomic E-state index is 12.8. The summed E-state index contributed by atoms with van der Waals surface area (Å²) in [7, 11) is 0. The number of benzene rings is 1. The summed E-state index contributed by atoms with van der Waals surface area (Å²) in [6.07, 6.45) is 1.62. The first-order chi connectivity index (χ1) is 14.7. The van der Waals surface area contributed by atoms with Crippen LogP contribution in [0.25, 0.3) is 21.5 Å². The molecular weight excluding hydrogens is 404 g/mol. The van der Waals surface area contributed by atoms with Crippen molar-refractivity contribution in [1.82, 2.24) is 10.3 Å². The van der Waals surface area contributed by atoms with Crippen molar-refractivity contribution in [2.24, 2.45) is 0 Å². The molecule has 0 radical (unpaired) electrons. The standard InChI is InChI=1S/C20H18N6O3S/c21-17-14-6-7-15(13-4-2-1-3-5-13)22-20(14)30-18(17)19(27)23-16-12-26(24-29-16)25-8-10-28-11-9-25/h1-7,12H,8-11H2,(H2-,21,23,24,27)/p+1. The van der Waals surface area contributed by atoms with E-state index in [2.05, 4.69) is 15.6 Å². The van der Waals surface area contributed by atoms with Gasteiger partial charge in [-0.15, -0.1) is 16.3 Å². The van der Waals surface area contributed by atoms with Crippen LogP contribution in [0.1, 0.15) is 9.67 Å². The lowest BCUT2D eigenvalue weighted by atomic mass is 10.1. The van der Waals surface area contributed by atoms with Crippen LogP contribution in [-0.4, -0.2) is 42.5 Å². The average Bonchev–Trinajstić information content (AvgIpc) is 3.39. The molecule has 0 saturated carbocycles. The zero-order chi connectivity index (χ0) is 20.5. The smallest absolute Gasteiger partial charge is 0.306 e. The highest BCUT2D eigenvalue weighted by molar-refractivity contribution is 7.21. The summed E-state index contributed by atoms with van der Waals surface area (Å²) in [5.41, 5.74) is 8.48. The summed E-state index contributed by atoms with van der Waals surface area (Å²) in [6.45, 7) is 2.64. The van der Waals surface area contributed by atoms with Gasteiger partial charge in [-0.1, -0.05) is 30.3 Å². The van der Waals surface area contributed by atoms with Crippen LogP contribution in [0.4, 0.5) is 11.6 Å². The molecule has 3 aromatic heterocycles. The number of fused-ring (bicyclic) bond motifs is 1. The van der Waals surface area contributed by atoms with E-state index in [1.165, 1.54) is 11.3 Å². The second kappa shape index (κ2) is 7.73. The molecule has 1 aliphatic heterocycles. The number of pyridine rings is 1. The van der Waals surface area contributed by atoms with Crippen molar-refractivity contribution in [2.45, 2.75) is 0 Å². The van der Waals surface area contributed by atoms with Crippen LogP contribution in [0.5, 0.6) is 0 Å². The Hall–Kier alpha value is -3.50. The Kier molecular flexibility index (Phi) is 4.77. The molecule has 1 aliphatic rings. The van der Waals surface area contributed by atoms with E-state index in [9.17, 15) is 4.79 Å². The minimum Gasteiger partial charge on any atom is -0.397 e. The van der Waals surface area contributed by atoms with Crippen molar-refractivity contribution >= 4 is 39.0 Å². The van der Waals surface area contributed by atoms with Crippen LogP contribution < -0.4 is 20.9 Å². The molecule has 3 N–H and O–H groups in total. The molecule has 0 spiro atoms. The molecule has 0 atom stereocenters. The molecule has 152 valence electrons. The Labute approximate surface area is 175 Å². The van der Waals surface area contributed by atoms with E-state index in [1.54, 1.807) is 11.0 Å². The van der Waals surface area contributed by atoms with Gasteiger partial charge < -0.3 is 10.5 Å². The lowest BCUT2D eigenvalue weighted by Gasteiger charge is -2.18. The molecule has 4 aromatic rings. The van der Waals surface area contributed by atoms with Gasteiger partial charge >= 0.3 is 5.88 Å². The van der Waals surface area contributed by atoms with Gasteiger partial charge in [-0.2, -0.15) is 0 Å². The van der Waals surface area contributed by atoms with Crippen molar-refractivity contribution in [3.05, 3.63) is 53.5 Å². The van der Waals surface area contributed by atoms with Crippen molar-refractivity contribution in [3.8, 4) is 11.3 Å². The first-order valence-corrected chi connectivity index (χ1v) is 10.3. The minimum atomic E-state index is -0.359. The summed E-state index contributed by atoms with van der Waals surface area (Å²) in [5, 5.41) is 9.39. The number of nitrogens with two attached hydrogens (primary N) is 1. The Morgan fingerprint density at radius 2 is 1.97 bits per heavy atom. The summed E-state index contributed by atoms with van der Waals surface area (Å²) >= 11 is 1.25. The maximum Gasteiger partial charge on any atom is 0.306 e. The molecule has 5 rings (SSSR count). The Morgan fingerprint density at radius 3 is 2.77 bits per heavy atom. The third-order valence-electron chi connectivity index (χ3n) is 4.84. The summed E-state index contributed by atoms with van der Waals surface area (Å²) in [6, 6.07) is 13.7. The number of aromatic nitrogens is 3. The fourth-order valence-electron chi connectivity index (χ4n) is 3.29. The number of ether oxygens (including phenoxy) is 1. The molecule has 4 heterocycles. The number of nitrogens with one attached hydrogen (secondary N) is 1. The van der Waals surface area contributed by atoms with Crippen LogP contribution in [0.3, 0.4) is 0 Å². The zero-order valence-corrected chi connectivity index (χ0v) is 16.8. The molecule has 1 fully saturated rings. The predicted molar refractivity (Wildman–Crippen MR) is 113 cm³/mol. The van der Waals surface area contributed by atoms with Gasteiger partial charge in [0.2, 0.25) is 5.27 Å². The van der Waals surface area contributed by atoms with E-state index in [0.29, 0.717) is 41.7 Å². The van der Waals surface area contributed by atoms with Gasteiger partial charge in [-0.25, -0.2) is 4.98 Å². The fourth-order valence-corrected chi connectivity index (χ4v) is 4.28. The summed E-state index contributed by atoms with van der Waals surface area (Å²) < 4.78 is 10.6. The first-order valence-electron chi connectivity index (χ1n) is 9.46. The van der Waals surface area contributed by atoms with Crippen LogP contribution in [0, 0.1) is 0 Å². The maximum atomic E-state index is 12.8. The number of nitrogens with zero attached hydrogens (tertiary/aromatic N) is 4. The SMILES string of the molecule is Nc1c(C(=O)Nc2c[n+](N3CCOCC3)no2)sc2nc(-c3ccccc3)ccc12. The van der Waals surface area contributed by atoms with Gasteiger partial charge in [0.1, 0.15) is 9.71 Å². The molecule has 1 saturated heterocycles. The topological polar surface area (TPSA) is 110 Å². The highest BCUT2D eigenvalue weighted by atomic mass is 32.1. The van der Waals surface area contributed by atoms with Crippen LogP contribution >= 0.6 is 11.3 Å². The average molecular weight is 423 g/mol. The van der Waals surface area contributed by atoms with E-state index in [0.717, 1.165) is 16.6 Å². The molecule has 0 bridgehead atoms. The highest BCUT2D eigenvalue weighted by Gasteiger charge is 2.25. The normalized spacial score (nSPS) is 14.2. The second-order valence-corrected chi connectivity index (χ2v) is 7.77. The number of rotatable bonds is 4. The summed E-state index contributed by atoms with van der Waals surface area (Å²) in [4.78, 5) is 20.2. The molecule has 0 unspecified atom stereocenters. The molecule has 30 heavy (non-hydrogen) atoms. The van der Waals surface area contributed by atoms with E-state index in [4.69, 9.17) is 15.0 Å². The van der Waals surface area contributed by atoms with Crippen molar-refractivity contribution in [1.29, 1.82) is 0 Å². The number of anilines is 2. The number of morpholine rings is 1. The number of thiophene rings is 1. The van der Waals surface area contributed by atoms with Gasteiger partial charge in [0.15, 0.2) is 0 Å². The lowest BCUT2D eigenvalue weighted by Crippen LogP contribution is -2.62. The highest BCUT2D eigenvalue weighted by Crippen LogP contribution is 2.34. The fraction of sp³-hybridized carbons (Fsp3) is 0.200. The van der Waals surface area contributed by atoms with E-state index in [-0.39, 0.29) is 11.8 Å². The van der Waals surface area contributed by atoms with Crippen molar-refractivity contribution < 1.29 is 18.8 Å². The molecule has 1 aromatic carbocycles. The number of hydrogen-bond acceptors (Lipinski definition) is 8. The van der Waals surface area contributed by atoms with Gasteiger partial charge in [0.25, 0.3) is 12.1 Å². The number of hydrogen-bond donors (Lipinski definition) is 2. The van der Waals surface area contributed by atoms with Gasteiger partial charge in [0.05, 0.1) is 42.5 Å².